The van der Waals surface area contributed by atoms with Gasteiger partial charge in [-0.15, -0.1) is 0 Å². The zero-order valence-electron chi connectivity index (χ0n) is 13.8. The van der Waals surface area contributed by atoms with Gasteiger partial charge in [0.1, 0.15) is 12.2 Å². The molecular weight excluding hydrogens is 284 g/mol. The van der Waals surface area contributed by atoms with Crippen LogP contribution in [0.1, 0.15) is 33.1 Å². The Bertz CT molecular complexity index is 439. The molecule has 2 atom stereocenters. The number of rotatable bonds is 6. The molecular formula is C16H26N2O4. The second-order valence-corrected chi connectivity index (χ2v) is 5.56. The normalized spacial score (nSPS) is 21.6. The van der Waals surface area contributed by atoms with Crippen molar-refractivity contribution in [3.05, 3.63) is 0 Å². The molecule has 0 aliphatic carbocycles. The summed E-state index contributed by atoms with van der Waals surface area (Å²) in [5, 5.41) is 2.78. The Balaban J connectivity index is 2.57. The third-order valence-electron chi connectivity index (χ3n) is 3.41. The molecule has 0 aromatic rings. The van der Waals surface area contributed by atoms with Gasteiger partial charge in [0, 0.05) is 46.1 Å². The van der Waals surface area contributed by atoms with Crippen molar-refractivity contribution < 1.29 is 19.1 Å². The number of carbonyl (C=O) groups excluding carboxylic acids is 2. The molecule has 1 N–H and O–H groups in total. The van der Waals surface area contributed by atoms with E-state index in [0.717, 1.165) is 0 Å². The Kier molecular flexibility index (Phi) is 7.92. The number of nitrogens with zero attached hydrogens (tertiary/aromatic N) is 1. The van der Waals surface area contributed by atoms with Crippen LogP contribution in [-0.2, 0) is 19.1 Å². The second kappa shape index (κ2) is 9.44. The standard InChI is InChI=1S/C16H26N2O4/c1-12(2)17-15(19)8-9-16(20)18-10-6-5-7-13(21-3)14(11-18)22-4/h12-14H,6,8-11H2,1-4H3,(H,17,19)/t13-,14-/m0/s1. The van der Waals surface area contributed by atoms with Gasteiger partial charge in [0.05, 0.1) is 6.54 Å². The Hall–Kier alpha value is -1.58. The van der Waals surface area contributed by atoms with Gasteiger partial charge < -0.3 is 19.7 Å². The first-order valence-electron chi connectivity index (χ1n) is 7.59. The number of hydrogen-bond acceptors (Lipinski definition) is 4. The number of nitrogens with one attached hydrogen (secondary N) is 1. The van der Waals surface area contributed by atoms with Crippen LogP contribution in [0.15, 0.2) is 0 Å². The van der Waals surface area contributed by atoms with Gasteiger partial charge in [-0.25, -0.2) is 0 Å². The van der Waals surface area contributed by atoms with Gasteiger partial charge in [-0.3, -0.25) is 9.59 Å². The summed E-state index contributed by atoms with van der Waals surface area (Å²) in [6.45, 7) is 4.76. The van der Waals surface area contributed by atoms with E-state index in [9.17, 15) is 9.59 Å². The summed E-state index contributed by atoms with van der Waals surface area (Å²) in [6.07, 6.45) is 0.362. The van der Waals surface area contributed by atoms with Gasteiger partial charge in [0.2, 0.25) is 11.8 Å². The molecule has 1 aliphatic heterocycles. The maximum atomic E-state index is 12.3. The van der Waals surface area contributed by atoms with E-state index in [4.69, 9.17) is 9.47 Å². The first-order valence-corrected chi connectivity index (χ1v) is 7.59. The molecule has 0 bridgehead atoms. The van der Waals surface area contributed by atoms with Gasteiger partial charge in [0.25, 0.3) is 0 Å². The Morgan fingerprint density at radius 3 is 2.59 bits per heavy atom. The van der Waals surface area contributed by atoms with Crippen LogP contribution < -0.4 is 5.32 Å². The fourth-order valence-corrected chi connectivity index (χ4v) is 2.27. The number of hydrogen-bond donors (Lipinski definition) is 1. The van der Waals surface area contributed by atoms with Gasteiger partial charge in [-0.2, -0.15) is 0 Å². The third-order valence-corrected chi connectivity index (χ3v) is 3.41. The Morgan fingerprint density at radius 2 is 2.00 bits per heavy atom. The molecule has 124 valence electrons. The van der Waals surface area contributed by atoms with Crippen LogP contribution in [0.5, 0.6) is 0 Å². The molecule has 0 radical (unpaired) electrons. The molecule has 0 aromatic carbocycles. The van der Waals surface area contributed by atoms with Crippen molar-refractivity contribution in [1.29, 1.82) is 0 Å². The molecule has 6 heteroatoms. The topological polar surface area (TPSA) is 67.9 Å². The molecule has 0 fully saturated rings. The van der Waals surface area contributed by atoms with Crippen molar-refractivity contribution in [2.24, 2.45) is 0 Å². The Morgan fingerprint density at radius 1 is 1.27 bits per heavy atom. The molecule has 0 saturated heterocycles. The van der Waals surface area contributed by atoms with Crippen LogP contribution in [0, 0.1) is 11.8 Å². The van der Waals surface area contributed by atoms with Gasteiger partial charge >= 0.3 is 0 Å². The van der Waals surface area contributed by atoms with Crippen molar-refractivity contribution >= 4 is 11.8 Å². The smallest absolute Gasteiger partial charge is 0.223 e. The van der Waals surface area contributed by atoms with Crippen LogP contribution in [0.2, 0.25) is 0 Å². The highest BCUT2D eigenvalue weighted by Gasteiger charge is 2.26. The summed E-state index contributed by atoms with van der Waals surface area (Å²) in [5.74, 6) is 5.84. The maximum Gasteiger partial charge on any atom is 0.223 e. The molecule has 0 saturated carbocycles. The SMILES string of the molecule is CO[C@H]1C#CCCN(C(=O)CCC(=O)NC(C)C)C[C@@H]1OC. The number of carbonyl (C=O) groups is 2. The minimum atomic E-state index is -0.343. The summed E-state index contributed by atoms with van der Waals surface area (Å²) < 4.78 is 10.7. The minimum Gasteiger partial charge on any atom is -0.376 e. The van der Waals surface area contributed by atoms with Crippen LogP contribution in [0.25, 0.3) is 0 Å². The second-order valence-electron chi connectivity index (χ2n) is 5.56. The maximum absolute atomic E-state index is 12.3. The van der Waals surface area contributed by atoms with E-state index >= 15 is 0 Å². The minimum absolute atomic E-state index is 0.0560. The van der Waals surface area contributed by atoms with Crippen molar-refractivity contribution in [3.63, 3.8) is 0 Å². The highest BCUT2D eigenvalue weighted by atomic mass is 16.5. The summed E-state index contributed by atoms with van der Waals surface area (Å²) >= 11 is 0. The van der Waals surface area contributed by atoms with E-state index in [1.807, 2.05) is 13.8 Å². The lowest BCUT2D eigenvalue weighted by atomic mass is 10.1. The zero-order chi connectivity index (χ0) is 16.5. The molecule has 6 nitrogen and oxygen atoms in total. The van der Waals surface area contributed by atoms with Crippen LogP contribution in [-0.4, -0.2) is 62.3 Å². The quantitative estimate of drug-likeness (QED) is 0.728. The average Bonchev–Trinajstić information content (AvgIpc) is 2.44. The van der Waals surface area contributed by atoms with E-state index in [-0.39, 0.29) is 42.9 Å². The number of methoxy groups -OCH3 is 2. The predicted octanol–water partition coefficient (Wildman–Crippen LogP) is 0.557. The fraction of sp³-hybridized carbons (Fsp3) is 0.750. The van der Waals surface area contributed by atoms with Crippen molar-refractivity contribution in [2.75, 3.05) is 27.3 Å². The fourth-order valence-electron chi connectivity index (χ4n) is 2.27. The highest BCUT2D eigenvalue weighted by molar-refractivity contribution is 5.83. The van der Waals surface area contributed by atoms with Gasteiger partial charge in [0.15, 0.2) is 0 Å². The lowest BCUT2D eigenvalue weighted by Crippen LogP contribution is -2.45. The Labute approximate surface area is 132 Å². The number of amides is 2. The van der Waals surface area contributed by atoms with Gasteiger partial charge in [-0.1, -0.05) is 11.8 Å². The van der Waals surface area contributed by atoms with E-state index in [0.29, 0.717) is 19.5 Å². The van der Waals surface area contributed by atoms with Crippen molar-refractivity contribution in [1.82, 2.24) is 10.2 Å². The van der Waals surface area contributed by atoms with Crippen LogP contribution in [0.4, 0.5) is 0 Å². The molecule has 0 unspecified atom stereocenters. The summed E-state index contributed by atoms with van der Waals surface area (Å²) in [5.41, 5.74) is 0. The molecule has 1 aliphatic rings. The zero-order valence-corrected chi connectivity index (χ0v) is 13.8. The monoisotopic (exact) mass is 310 g/mol. The highest BCUT2D eigenvalue weighted by Crippen LogP contribution is 2.10. The lowest BCUT2D eigenvalue weighted by Gasteiger charge is -2.30. The van der Waals surface area contributed by atoms with Crippen molar-refractivity contribution in [2.45, 2.75) is 51.4 Å². The average molecular weight is 310 g/mol. The molecule has 2 amide bonds. The van der Waals surface area contributed by atoms with E-state index < -0.39 is 0 Å². The van der Waals surface area contributed by atoms with E-state index in [1.54, 1.807) is 19.1 Å². The first kappa shape index (κ1) is 18.5. The summed E-state index contributed by atoms with van der Waals surface area (Å²) in [4.78, 5) is 25.6. The summed E-state index contributed by atoms with van der Waals surface area (Å²) in [7, 11) is 3.16. The van der Waals surface area contributed by atoms with E-state index in [1.165, 1.54) is 0 Å². The molecule has 1 heterocycles. The largest absolute Gasteiger partial charge is 0.376 e. The molecule has 1 rings (SSSR count). The number of ether oxygens (including phenoxy) is 2. The van der Waals surface area contributed by atoms with Gasteiger partial charge in [-0.05, 0) is 13.8 Å². The van der Waals surface area contributed by atoms with Crippen molar-refractivity contribution in [3.8, 4) is 11.8 Å². The first-order chi connectivity index (χ1) is 10.5. The van der Waals surface area contributed by atoms with Crippen LogP contribution in [0.3, 0.4) is 0 Å². The van der Waals surface area contributed by atoms with E-state index in [2.05, 4.69) is 17.2 Å². The lowest BCUT2D eigenvalue weighted by molar-refractivity contribution is -0.136. The third kappa shape index (κ3) is 6.04. The molecule has 22 heavy (non-hydrogen) atoms. The molecule has 0 aromatic heterocycles. The molecule has 0 spiro atoms. The van der Waals surface area contributed by atoms with Crippen LogP contribution >= 0.6 is 0 Å². The predicted molar refractivity (Wildman–Crippen MR) is 83.1 cm³/mol. The summed E-state index contributed by atoms with van der Waals surface area (Å²) in [6, 6.07) is 0.0832.